The number of hydrogen-bond acceptors (Lipinski definition) is 6. The summed E-state index contributed by atoms with van der Waals surface area (Å²) in [6.45, 7) is 6.85. The third kappa shape index (κ3) is 6.31. The minimum absolute atomic E-state index is 0.0686. The van der Waals surface area contributed by atoms with Crippen LogP contribution >= 0.6 is 0 Å². The van der Waals surface area contributed by atoms with Gasteiger partial charge in [-0.2, -0.15) is 0 Å². The van der Waals surface area contributed by atoms with Crippen LogP contribution in [-0.4, -0.2) is 30.0 Å². The summed E-state index contributed by atoms with van der Waals surface area (Å²) in [5.74, 6) is -0.293. The van der Waals surface area contributed by atoms with E-state index in [1.54, 1.807) is 6.92 Å². The number of ether oxygens (including phenoxy) is 2. The first-order valence-corrected chi connectivity index (χ1v) is 9.11. The average Bonchev–Trinajstić information content (AvgIpc) is 2.66. The number of nitro groups is 1. The molecule has 0 bridgehead atoms. The fourth-order valence-electron chi connectivity index (χ4n) is 2.54. The maximum absolute atomic E-state index is 12.0. The summed E-state index contributed by atoms with van der Waals surface area (Å²) in [6, 6.07) is 9.89. The van der Waals surface area contributed by atoms with Gasteiger partial charge in [0.25, 0.3) is 11.6 Å². The molecule has 0 heterocycles. The number of carbonyl (C=O) groups is 2. The Morgan fingerprint density at radius 3 is 2.41 bits per heavy atom. The number of nitrogens with one attached hydrogen (secondary N) is 1. The van der Waals surface area contributed by atoms with Gasteiger partial charge < -0.3 is 14.8 Å². The fourth-order valence-corrected chi connectivity index (χ4v) is 2.54. The first-order valence-electron chi connectivity index (χ1n) is 9.11. The number of aryl methyl sites for hydroxylation is 2. The number of esters is 1. The van der Waals surface area contributed by atoms with E-state index in [2.05, 4.69) is 19.2 Å². The Morgan fingerprint density at radius 2 is 1.79 bits per heavy atom. The van der Waals surface area contributed by atoms with Crippen LogP contribution < -0.4 is 10.1 Å². The Morgan fingerprint density at radius 1 is 1.07 bits per heavy atom. The summed E-state index contributed by atoms with van der Waals surface area (Å²) >= 11 is 0. The van der Waals surface area contributed by atoms with Crippen LogP contribution in [0.4, 0.5) is 11.4 Å². The van der Waals surface area contributed by atoms with E-state index in [0.717, 1.165) is 11.1 Å². The van der Waals surface area contributed by atoms with Crippen LogP contribution in [0.1, 0.15) is 36.5 Å². The van der Waals surface area contributed by atoms with Crippen molar-refractivity contribution in [2.24, 2.45) is 0 Å². The Bertz CT molecular complexity index is 923. The number of carbonyl (C=O) groups excluding carboxylic acids is 2. The summed E-state index contributed by atoms with van der Waals surface area (Å²) in [4.78, 5) is 34.1. The molecule has 0 unspecified atom stereocenters. The van der Waals surface area contributed by atoms with E-state index in [1.807, 2.05) is 25.1 Å². The van der Waals surface area contributed by atoms with Crippen LogP contribution in [-0.2, 0) is 14.3 Å². The van der Waals surface area contributed by atoms with Gasteiger partial charge in [0.15, 0.2) is 13.2 Å². The zero-order valence-corrected chi connectivity index (χ0v) is 16.9. The van der Waals surface area contributed by atoms with E-state index in [1.165, 1.54) is 18.2 Å². The lowest BCUT2D eigenvalue weighted by Crippen LogP contribution is -2.24. The predicted octanol–water partition coefficient (Wildman–Crippen LogP) is 3.90. The fraction of sp³-hybridized carbons (Fsp3) is 0.333. The Hall–Kier alpha value is -3.42. The summed E-state index contributed by atoms with van der Waals surface area (Å²) in [5.41, 5.74) is 2.86. The van der Waals surface area contributed by atoms with Crippen molar-refractivity contribution < 1.29 is 24.0 Å². The summed E-state index contributed by atoms with van der Waals surface area (Å²) in [7, 11) is 0. The summed E-state index contributed by atoms with van der Waals surface area (Å²) in [6.07, 6.45) is 0. The standard InChI is InChI=1S/C21H24N2O6/c1-13(2)16-6-5-14(3)19(10-16)28-12-21(25)29-11-20(24)22-18-8-7-17(23(26)27)9-15(18)4/h5-10,13H,11-12H2,1-4H3,(H,22,24). The molecule has 0 aliphatic rings. The highest BCUT2D eigenvalue weighted by atomic mass is 16.6. The third-order valence-electron chi connectivity index (χ3n) is 4.28. The molecule has 154 valence electrons. The third-order valence-corrected chi connectivity index (χ3v) is 4.28. The second-order valence-electron chi connectivity index (χ2n) is 6.93. The highest BCUT2D eigenvalue weighted by molar-refractivity contribution is 5.93. The molecular formula is C21H24N2O6. The first-order chi connectivity index (χ1) is 13.7. The van der Waals surface area contributed by atoms with E-state index < -0.39 is 23.4 Å². The Labute approximate surface area is 169 Å². The molecule has 0 radical (unpaired) electrons. The van der Waals surface area contributed by atoms with Crippen molar-refractivity contribution in [2.45, 2.75) is 33.6 Å². The number of rotatable bonds is 8. The van der Waals surface area contributed by atoms with Gasteiger partial charge in [0.2, 0.25) is 0 Å². The highest BCUT2D eigenvalue weighted by Gasteiger charge is 2.13. The smallest absolute Gasteiger partial charge is 0.344 e. The van der Waals surface area contributed by atoms with Crippen molar-refractivity contribution in [3.05, 3.63) is 63.2 Å². The van der Waals surface area contributed by atoms with Crippen LogP contribution in [0.25, 0.3) is 0 Å². The van der Waals surface area contributed by atoms with Gasteiger partial charge in [0, 0.05) is 17.8 Å². The maximum Gasteiger partial charge on any atom is 0.344 e. The first kappa shape index (κ1) is 21.9. The van der Waals surface area contributed by atoms with Crippen LogP contribution in [0.3, 0.4) is 0 Å². The van der Waals surface area contributed by atoms with Crippen molar-refractivity contribution >= 4 is 23.3 Å². The SMILES string of the molecule is Cc1cc([N+](=O)[O-])ccc1NC(=O)COC(=O)COc1cc(C(C)C)ccc1C. The van der Waals surface area contributed by atoms with Crippen LogP contribution in [0.5, 0.6) is 5.75 Å². The number of hydrogen-bond donors (Lipinski definition) is 1. The number of non-ortho nitro benzene ring substituents is 1. The quantitative estimate of drug-likeness (QED) is 0.409. The lowest BCUT2D eigenvalue weighted by Gasteiger charge is -2.13. The van der Waals surface area contributed by atoms with E-state index in [4.69, 9.17) is 9.47 Å². The molecule has 1 N–H and O–H groups in total. The van der Waals surface area contributed by atoms with Gasteiger partial charge in [-0.1, -0.05) is 26.0 Å². The molecule has 2 aromatic carbocycles. The van der Waals surface area contributed by atoms with Gasteiger partial charge in [0.1, 0.15) is 5.75 Å². The molecule has 2 rings (SSSR count). The molecule has 0 aliphatic heterocycles. The van der Waals surface area contributed by atoms with E-state index >= 15 is 0 Å². The topological polar surface area (TPSA) is 108 Å². The van der Waals surface area contributed by atoms with Gasteiger partial charge in [-0.25, -0.2) is 4.79 Å². The molecule has 0 aliphatic carbocycles. The molecule has 0 saturated carbocycles. The van der Waals surface area contributed by atoms with Crippen molar-refractivity contribution in [2.75, 3.05) is 18.5 Å². The lowest BCUT2D eigenvalue weighted by molar-refractivity contribution is -0.384. The van der Waals surface area contributed by atoms with Crippen molar-refractivity contribution in [1.29, 1.82) is 0 Å². The van der Waals surface area contributed by atoms with Gasteiger partial charge in [-0.05, 0) is 48.6 Å². The largest absolute Gasteiger partial charge is 0.482 e. The minimum Gasteiger partial charge on any atom is -0.482 e. The molecule has 0 saturated heterocycles. The van der Waals surface area contributed by atoms with Crippen molar-refractivity contribution in [1.82, 2.24) is 0 Å². The second kappa shape index (κ2) is 9.68. The van der Waals surface area contributed by atoms with Crippen LogP contribution in [0.15, 0.2) is 36.4 Å². The highest BCUT2D eigenvalue weighted by Crippen LogP contribution is 2.24. The molecule has 2 aromatic rings. The number of nitro benzene ring substituents is 1. The molecule has 29 heavy (non-hydrogen) atoms. The van der Waals surface area contributed by atoms with Crippen LogP contribution in [0, 0.1) is 24.0 Å². The Balaban J connectivity index is 1.84. The van der Waals surface area contributed by atoms with Gasteiger partial charge in [0.05, 0.1) is 4.92 Å². The minimum atomic E-state index is -0.671. The van der Waals surface area contributed by atoms with Crippen molar-refractivity contribution in [3.8, 4) is 5.75 Å². The van der Waals surface area contributed by atoms with E-state index in [9.17, 15) is 19.7 Å². The lowest BCUT2D eigenvalue weighted by atomic mass is 10.0. The number of amides is 1. The predicted molar refractivity (Wildman–Crippen MR) is 108 cm³/mol. The molecule has 1 amide bonds. The number of nitrogens with zero attached hydrogens (tertiary/aromatic N) is 1. The molecule has 8 nitrogen and oxygen atoms in total. The monoisotopic (exact) mass is 400 g/mol. The van der Waals surface area contributed by atoms with Gasteiger partial charge >= 0.3 is 5.97 Å². The Kier molecular flexibility index (Phi) is 7.30. The van der Waals surface area contributed by atoms with E-state index in [-0.39, 0.29) is 12.3 Å². The molecule has 0 atom stereocenters. The van der Waals surface area contributed by atoms with Gasteiger partial charge in [-0.3, -0.25) is 14.9 Å². The maximum atomic E-state index is 12.0. The van der Waals surface area contributed by atoms with Crippen LogP contribution in [0.2, 0.25) is 0 Å². The molecule has 0 fully saturated rings. The normalized spacial score (nSPS) is 10.5. The molecule has 8 heteroatoms. The zero-order valence-electron chi connectivity index (χ0n) is 16.9. The zero-order chi connectivity index (χ0) is 21.6. The summed E-state index contributed by atoms with van der Waals surface area (Å²) in [5, 5.41) is 13.3. The molecule has 0 spiro atoms. The van der Waals surface area contributed by atoms with Gasteiger partial charge in [-0.15, -0.1) is 0 Å². The molecule has 0 aromatic heterocycles. The summed E-state index contributed by atoms with van der Waals surface area (Å²) < 4.78 is 10.5. The van der Waals surface area contributed by atoms with Crippen molar-refractivity contribution in [3.63, 3.8) is 0 Å². The average molecular weight is 400 g/mol. The second-order valence-corrected chi connectivity index (χ2v) is 6.93. The van der Waals surface area contributed by atoms with E-state index in [0.29, 0.717) is 22.9 Å². The molecular weight excluding hydrogens is 376 g/mol. The number of benzene rings is 2. The number of anilines is 1.